The molecule has 38 heavy (non-hydrogen) atoms. The number of carbonyl (C=O) groups is 2. The number of furan rings is 1. The summed E-state index contributed by atoms with van der Waals surface area (Å²) < 4.78 is 5.32. The molecule has 8 heteroatoms. The Morgan fingerprint density at radius 2 is 1.66 bits per heavy atom. The Bertz CT molecular complexity index is 1530. The standard InChI is InChI=1S/C30H27N5O3/c1-34(2)23-13-9-21(10-14-23)20-35(28(36)18-17-25-6-5-19-38-25)24-15-11-22(12-16-24)29(37)33-30-31-26-7-3-4-8-27(26)32-30/h3-19H,20H2,1-2H3,(H2,31,32,33,37)/b18-17+. The third-order valence-corrected chi connectivity index (χ3v) is 6.06. The van der Waals surface area contributed by atoms with Gasteiger partial charge in [-0.1, -0.05) is 24.3 Å². The van der Waals surface area contributed by atoms with Gasteiger partial charge in [-0.2, -0.15) is 0 Å². The molecule has 0 aliphatic carbocycles. The highest BCUT2D eigenvalue weighted by Crippen LogP contribution is 2.22. The predicted octanol–water partition coefficient (Wildman–Crippen LogP) is 5.72. The van der Waals surface area contributed by atoms with Gasteiger partial charge in [0.2, 0.25) is 5.95 Å². The quantitative estimate of drug-likeness (QED) is 0.263. The zero-order valence-corrected chi connectivity index (χ0v) is 21.1. The normalized spacial score (nSPS) is 11.1. The fraction of sp³-hybridized carbons (Fsp3) is 0.100. The average molecular weight is 506 g/mol. The minimum atomic E-state index is -0.300. The van der Waals surface area contributed by atoms with Gasteiger partial charge in [0.15, 0.2) is 0 Å². The van der Waals surface area contributed by atoms with E-state index >= 15 is 0 Å². The van der Waals surface area contributed by atoms with Crippen molar-refractivity contribution in [2.45, 2.75) is 6.54 Å². The first-order valence-corrected chi connectivity index (χ1v) is 12.1. The maximum Gasteiger partial charge on any atom is 0.257 e. The van der Waals surface area contributed by atoms with Gasteiger partial charge in [0, 0.05) is 37.1 Å². The largest absolute Gasteiger partial charge is 0.465 e. The topological polar surface area (TPSA) is 94.5 Å². The lowest BCUT2D eigenvalue weighted by Crippen LogP contribution is -2.28. The number of anilines is 3. The Morgan fingerprint density at radius 3 is 2.34 bits per heavy atom. The molecule has 8 nitrogen and oxygen atoms in total. The molecule has 2 heterocycles. The van der Waals surface area contributed by atoms with Crippen LogP contribution in [0.3, 0.4) is 0 Å². The Labute approximate surface area is 220 Å². The lowest BCUT2D eigenvalue weighted by molar-refractivity contribution is -0.114. The molecule has 0 spiro atoms. The molecule has 0 aliphatic heterocycles. The molecule has 5 rings (SSSR count). The summed E-state index contributed by atoms with van der Waals surface area (Å²) in [4.78, 5) is 37.3. The monoisotopic (exact) mass is 505 g/mol. The molecule has 0 unspecified atom stereocenters. The van der Waals surface area contributed by atoms with Gasteiger partial charge in [0.25, 0.3) is 11.8 Å². The first-order chi connectivity index (χ1) is 18.5. The van der Waals surface area contributed by atoms with Crippen LogP contribution in [0.25, 0.3) is 17.1 Å². The van der Waals surface area contributed by atoms with Crippen LogP contribution in [-0.4, -0.2) is 35.9 Å². The Balaban J connectivity index is 1.36. The third-order valence-electron chi connectivity index (χ3n) is 6.06. The third kappa shape index (κ3) is 5.65. The van der Waals surface area contributed by atoms with Crippen LogP contribution < -0.4 is 15.1 Å². The lowest BCUT2D eigenvalue weighted by atomic mass is 10.1. The van der Waals surface area contributed by atoms with Gasteiger partial charge in [-0.25, -0.2) is 4.98 Å². The zero-order chi connectivity index (χ0) is 26.5. The Morgan fingerprint density at radius 1 is 0.921 bits per heavy atom. The van der Waals surface area contributed by atoms with E-state index in [1.54, 1.807) is 53.6 Å². The minimum Gasteiger partial charge on any atom is -0.465 e. The summed E-state index contributed by atoms with van der Waals surface area (Å²) in [5.74, 6) is 0.454. The first kappa shape index (κ1) is 24.6. The van der Waals surface area contributed by atoms with Crippen LogP contribution in [0, 0.1) is 0 Å². The number of hydrogen-bond acceptors (Lipinski definition) is 5. The number of fused-ring (bicyclic) bond motifs is 1. The van der Waals surface area contributed by atoms with E-state index in [0.717, 1.165) is 22.3 Å². The van der Waals surface area contributed by atoms with E-state index in [-0.39, 0.29) is 11.8 Å². The van der Waals surface area contributed by atoms with E-state index in [1.165, 1.54) is 6.08 Å². The molecular formula is C30H27N5O3. The molecule has 0 saturated carbocycles. The first-order valence-electron chi connectivity index (χ1n) is 12.1. The van der Waals surface area contributed by atoms with Crippen molar-refractivity contribution in [1.29, 1.82) is 0 Å². The summed E-state index contributed by atoms with van der Waals surface area (Å²) in [6.07, 6.45) is 4.68. The average Bonchev–Trinajstić information content (AvgIpc) is 3.60. The molecule has 2 N–H and O–H groups in total. The van der Waals surface area contributed by atoms with Crippen LogP contribution in [0.1, 0.15) is 21.7 Å². The van der Waals surface area contributed by atoms with Gasteiger partial charge >= 0.3 is 0 Å². The molecule has 0 saturated heterocycles. The van der Waals surface area contributed by atoms with E-state index in [0.29, 0.717) is 29.5 Å². The summed E-state index contributed by atoms with van der Waals surface area (Å²) in [5, 5.41) is 2.80. The number of amides is 2. The number of nitrogens with zero attached hydrogens (tertiary/aromatic N) is 3. The number of nitrogens with one attached hydrogen (secondary N) is 2. The number of aromatic amines is 1. The molecule has 0 aliphatic rings. The van der Waals surface area contributed by atoms with Crippen molar-refractivity contribution >= 4 is 46.2 Å². The second-order valence-electron chi connectivity index (χ2n) is 8.94. The van der Waals surface area contributed by atoms with Crippen LogP contribution in [0.15, 0.2) is 102 Å². The zero-order valence-electron chi connectivity index (χ0n) is 21.1. The molecule has 0 atom stereocenters. The van der Waals surface area contributed by atoms with Crippen LogP contribution in [0.4, 0.5) is 17.3 Å². The molecule has 5 aromatic rings. The van der Waals surface area contributed by atoms with Crippen molar-refractivity contribution in [3.8, 4) is 0 Å². The van der Waals surface area contributed by atoms with Gasteiger partial charge in [-0.15, -0.1) is 0 Å². The Hall–Kier alpha value is -5.11. The molecule has 0 bridgehead atoms. The smallest absolute Gasteiger partial charge is 0.257 e. The molecule has 0 fully saturated rings. The summed E-state index contributed by atoms with van der Waals surface area (Å²) in [6.45, 7) is 0.361. The van der Waals surface area contributed by atoms with E-state index in [4.69, 9.17) is 4.42 Å². The second-order valence-corrected chi connectivity index (χ2v) is 8.94. The molecule has 2 aromatic heterocycles. The van der Waals surface area contributed by atoms with Crippen LogP contribution in [-0.2, 0) is 11.3 Å². The van der Waals surface area contributed by atoms with Gasteiger partial charge in [0.05, 0.1) is 23.8 Å². The van der Waals surface area contributed by atoms with E-state index in [1.807, 2.05) is 67.5 Å². The van der Waals surface area contributed by atoms with Crippen molar-refractivity contribution in [3.05, 3.63) is 114 Å². The summed E-state index contributed by atoms with van der Waals surface area (Å²) >= 11 is 0. The maximum atomic E-state index is 13.3. The number of benzene rings is 3. The summed E-state index contributed by atoms with van der Waals surface area (Å²) in [5.41, 5.74) is 4.77. The SMILES string of the molecule is CN(C)c1ccc(CN(C(=O)/C=C/c2ccco2)c2ccc(C(=O)Nc3nc4ccccc4[nH]3)cc2)cc1. The number of H-pyrrole nitrogens is 1. The molecule has 2 amide bonds. The lowest BCUT2D eigenvalue weighted by Gasteiger charge is -2.22. The van der Waals surface area contributed by atoms with Crippen molar-refractivity contribution in [2.24, 2.45) is 0 Å². The highest BCUT2D eigenvalue weighted by molar-refractivity contribution is 6.06. The fourth-order valence-corrected chi connectivity index (χ4v) is 3.99. The van der Waals surface area contributed by atoms with Crippen molar-refractivity contribution in [1.82, 2.24) is 9.97 Å². The van der Waals surface area contributed by atoms with E-state index in [2.05, 4.69) is 15.3 Å². The maximum absolute atomic E-state index is 13.3. The second kappa shape index (κ2) is 10.9. The van der Waals surface area contributed by atoms with Crippen LogP contribution in [0.2, 0.25) is 0 Å². The van der Waals surface area contributed by atoms with Gasteiger partial charge in [-0.3, -0.25) is 14.9 Å². The Kier molecular flexibility index (Phi) is 7.04. The number of imidazole rings is 1. The highest BCUT2D eigenvalue weighted by Gasteiger charge is 2.16. The van der Waals surface area contributed by atoms with Crippen molar-refractivity contribution in [2.75, 3.05) is 29.2 Å². The fourth-order valence-electron chi connectivity index (χ4n) is 3.99. The molecular weight excluding hydrogens is 478 g/mol. The summed E-state index contributed by atoms with van der Waals surface area (Å²) in [7, 11) is 3.96. The molecule has 0 radical (unpaired) electrons. The van der Waals surface area contributed by atoms with Gasteiger partial charge in [0.1, 0.15) is 5.76 Å². The van der Waals surface area contributed by atoms with Crippen molar-refractivity contribution in [3.63, 3.8) is 0 Å². The number of para-hydroxylation sites is 2. The minimum absolute atomic E-state index is 0.211. The van der Waals surface area contributed by atoms with Crippen molar-refractivity contribution < 1.29 is 14.0 Å². The van der Waals surface area contributed by atoms with Gasteiger partial charge < -0.3 is 19.2 Å². The van der Waals surface area contributed by atoms with E-state index in [9.17, 15) is 9.59 Å². The van der Waals surface area contributed by atoms with Gasteiger partial charge in [-0.05, 0) is 72.3 Å². The predicted molar refractivity (Wildman–Crippen MR) is 150 cm³/mol. The summed E-state index contributed by atoms with van der Waals surface area (Å²) in [6, 6.07) is 26.1. The number of aromatic nitrogens is 2. The van der Waals surface area contributed by atoms with Crippen LogP contribution in [0.5, 0.6) is 0 Å². The number of hydrogen-bond donors (Lipinski definition) is 2. The number of carbonyl (C=O) groups excluding carboxylic acids is 2. The van der Waals surface area contributed by atoms with E-state index < -0.39 is 0 Å². The number of rotatable bonds is 8. The molecule has 190 valence electrons. The molecule has 3 aromatic carbocycles. The highest BCUT2D eigenvalue weighted by atomic mass is 16.3. The van der Waals surface area contributed by atoms with Crippen LogP contribution >= 0.6 is 0 Å².